The average Bonchev–Trinajstić information content (AvgIpc) is 2.32. The Morgan fingerprint density at radius 1 is 1.39 bits per heavy atom. The van der Waals surface area contributed by atoms with E-state index < -0.39 is 0 Å². The van der Waals surface area contributed by atoms with Gasteiger partial charge in [0.2, 0.25) is 0 Å². The molecular weight excluding hydrogens is 269 g/mol. The zero-order chi connectivity index (χ0) is 13.1. The number of morpholine rings is 1. The van der Waals surface area contributed by atoms with Crippen LogP contribution in [0.25, 0.3) is 0 Å². The summed E-state index contributed by atoms with van der Waals surface area (Å²) in [4.78, 5) is 2.36. The van der Waals surface area contributed by atoms with E-state index >= 15 is 0 Å². The Hall–Kier alpha value is -0.280. The quantitative estimate of drug-likeness (QED) is 0.790. The van der Waals surface area contributed by atoms with Crippen molar-refractivity contribution in [3.8, 4) is 0 Å². The minimum atomic E-state index is 0.125. The zero-order valence-electron chi connectivity index (χ0n) is 10.8. The average molecular weight is 288 g/mol. The van der Waals surface area contributed by atoms with Gasteiger partial charge in [0.05, 0.1) is 12.2 Å². The topological polar surface area (TPSA) is 12.5 Å². The summed E-state index contributed by atoms with van der Waals surface area (Å²) < 4.78 is 5.75. The van der Waals surface area contributed by atoms with Crippen LogP contribution in [0.2, 0.25) is 5.02 Å². The molecule has 2 rings (SSSR count). The van der Waals surface area contributed by atoms with Gasteiger partial charge in [0.25, 0.3) is 0 Å². The number of hydrogen-bond acceptors (Lipinski definition) is 2. The van der Waals surface area contributed by atoms with Crippen molar-refractivity contribution in [2.24, 2.45) is 0 Å². The number of alkyl halides is 1. The van der Waals surface area contributed by atoms with Crippen molar-refractivity contribution in [2.45, 2.75) is 32.6 Å². The van der Waals surface area contributed by atoms with Gasteiger partial charge in [0.15, 0.2) is 0 Å². The van der Waals surface area contributed by atoms with Gasteiger partial charge in [0.1, 0.15) is 0 Å². The normalized spacial score (nSPS) is 25.3. The minimum Gasteiger partial charge on any atom is -0.371 e. The molecule has 0 amide bonds. The van der Waals surface area contributed by atoms with Gasteiger partial charge in [-0.15, -0.1) is 11.6 Å². The molecule has 2 unspecified atom stereocenters. The maximum atomic E-state index is 6.27. The number of rotatable bonds is 3. The first kappa shape index (κ1) is 14.1. The highest BCUT2D eigenvalue weighted by molar-refractivity contribution is 6.31. The van der Waals surface area contributed by atoms with E-state index in [1.807, 2.05) is 6.07 Å². The lowest BCUT2D eigenvalue weighted by Gasteiger charge is -2.36. The molecule has 0 saturated carbocycles. The Bertz CT molecular complexity index is 411. The number of benzene rings is 1. The largest absolute Gasteiger partial charge is 0.371 e. The summed E-state index contributed by atoms with van der Waals surface area (Å²) in [6.45, 7) is 6.80. The van der Waals surface area contributed by atoms with E-state index in [-0.39, 0.29) is 12.2 Å². The van der Waals surface area contributed by atoms with E-state index in [0.29, 0.717) is 5.88 Å². The van der Waals surface area contributed by atoms with Crippen LogP contribution in [0.15, 0.2) is 18.2 Å². The second-order valence-corrected chi connectivity index (χ2v) is 5.73. The molecule has 0 radical (unpaired) electrons. The van der Waals surface area contributed by atoms with Crippen LogP contribution in [0.3, 0.4) is 0 Å². The molecule has 0 bridgehead atoms. The number of ether oxygens (including phenoxy) is 1. The van der Waals surface area contributed by atoms with Gasteiger partial charge < -0.3 is 4.74 Å². The van der Waals surface area contributed by atoms with Crippen LogP contribution in [0.1, 0.15) is 18.1 Å². The highest BCUT2D eigenvalue weighted by atomic mass is 35.5. The number of nitrogens with zero attached hydrogens (tertiary/aromatic N) is 1. The highest BCUT2D eigenvalue weighted by Gasteiger charge is 2.24. The van der Waals surface area contributed by atoms with Crippen LogP contribution in [0.5, 0.6) is 0 Å². The molecule has 1 aromatic carbocycles. The maximum Gasteiger partial charge on any atom is 0.0841 e. The predicted molar refractivity (Wildman–Crippen MR) is 76.5 cm³/mol. The van der Waals surface area contributed by atoms with Gasteiger partial charge in [0, 0.05) is 30.5 Å². The summed E-state index contributed by atoms with van der Waals surface area (Å²) in [7, 11) is 0. The zero-order valence-corrected chi connectivity index (χ0v) is 12.3. The number of aryl methyl sites for hydroxylation is 1. The lowest BCUT2D eigenvalue weighted by molar-refractivity contribution is -0.0688. The monoisotopic (exact) mass is 287 g/mol. The molecule has 0 N–H and O–H groups in total. The fourth-order valence-electron chi connectivity index (χ4n) is 2.38. The van der Waals surface area contributed by atoms with Gasteiger partial charge in [-0.1, -0.05) is 23.7 Å². The third kappa shape index (κ3) is 3.61. The van der Waals surface area contributed by atoms with E-state index in [4.69, 9.17) is 27.9 Å². The molecule has 100 valence electrons. The Kier molecular flexibility index (Phi) is 4.91. The van der Waals surface area contributed by atoms with E-state index in [1.54, 1.807) is 0 Å². The first-order valence-corrected chi connectivity index (χ1v) is 7.18. The lowest BCUT2D eigenvalue weighted by atomic mass is 10.1. The molecule has 0 aromatic heterocycles. The smallest absolute Gasteiger partial charge is 0.0841 e. The standard InChI is InChI=1S/C14H19Cl2NO/c1-10-3-4-12(14(16)5-10)8-17-7-11(2)18-13(6-15)9-17/h3-5,11,13H,6-9H2,1-2H3. The van der Waals surface area contributed by atoms with Crippen LogP contribution in [-0.2, 0) is 11.3 Å². The van der Waals surface area contributed by atoms with E-state index in [9.17, 15) is 0 Å². The summed E-state index contributed by atoms with van der Waals surface area (Å²) in [6, 6.07) is 6.22. The van der Waals surface area contributed by atoms with Gasteiger partial charge in [-0.2, -0.15) is 0 Å². The Morgan fingerprint density at radius 3 is 2.83 bits per heavy atom. The fraction of sp³-hybridized carbons (Fsp3) is 0.571. The Morgan fingerprint density at radius 2 is 2.17 bits per heavy atom. The second kappa shape index (κ2) is 6.25. The molecule has 18 heavy (non-hydrogen) atoms. The first-order valence-electron chi connectivity index (χ1n) is 6.27. The van der Waals surface area contributed by atoms with Crippen molar-refractivity contribution < 1.29 is 4.74 Å². The molecule has 1 fully saturated rings. The summed E-state index contributed by atoms with van der Waals surface area (Å²) >= 11 is 12.2. The highest BCUT2D eigenvalue weighted by Crippen LogP contribution is 2.21. The third-order valence-corrected chi connectivity index (χ3v) is 3.87. The molecule has 1 aliphatic heterocycles. The Balaban J connectivity index is 2.04. The second-order valence-electron chi connectivity index (χ2n) is 5.01. The van der Waals surface area contributed by atoms with Gasteiger partial charge in [-0.05, 0) is 31.0 Å². The Labute approximate surface area is 119 Å². The lowest BCUT2D eigenvalue weighted by Crippen LogP contribution is -2.46. The predicted octanol–water partition coefficient (Wildman–Crippen LogP) is 3.48. The van der Waals surface area contributed by atoms with Gasteiger partial charge in [-0.3, -0.25) is 4.90 Å². The number of hydrogen-bond donors (Lipinski definition) is 0. The van der Waals surface area contributed by atoms with Crippen molar-refractivity contribution >= 4 is 23.2 Å². The molecule has 4 heteroatoms. The number of halogens is 2. The van der Waals surface area contributed by atoms with Gasteiger partial charge >= 0.3 is 0 Å². The molecule has 1 aliphatic rings. The summed E-state index contributed by atoms with van der Waals surface area (Å²) in [5.74, 6) is 0.544. The van der Waals surface area contributed by atoms with E-state index in [1.165, 1.54) is 11.1 Å². The van der Waals surface area contributed by atoms with Crippen molar-refractivity contribution in [2.75, 3.05) is 19.0 Å². The van der Waals surface area contributed by atoms with Gasteiger partial charge in [-0.25, -0.2) is 0 Å². The van der Waals surface area contributed by atoms with E-state index in [0.717, 1.165) is 24.7 Å². The molecule has 1 saturated heterocycles. The van der Waals surface area contributed by atoms with Crippen molar-refractivity contribution in [1.29, 1.82) is 0 Å². The van der Waals surface area contributed by atoms with Crippen molar-refractivity contribution in [1.82, 2.24) is 4.90 Å². The molecule has 1 aromatic rings. The van der Waals surface area contributed by atoms with Crippen LogP contribution in [-0.4, -0.2) is 36.1 Å². The van der Waals surface area contributed by atoms with E-state index in [2.05, 4.69) is 30.9 Å². The molecule has 2 nitrogen and oxygen atoms in total. The van der Waals surface area contributed by atoms with Crippen LogP contribution in [0.4, 0.5) is 0 Å². The first-order chi connectivity index (χ1) is 8.58. The minimum absolute atomic E-state index is 0.125. The van der Waals surface area contributed by atoms with Crippen LogP contribution < -0.4 is 0 Å². The fourth-order valence-corrected chi connectivity index (χ4v) is 2.84. The SMILES string of the molecule is Cc1ccc(CN2CC(C)OC(CCl)C2)c(Cl)c1. The molecule has 0 spiro atoms. The van der Waals surface area contributed by atoms with Crippen LogP contribution in [0, 0.1) is 6.92 Å². The molecular formula is C14H19Cl2NO. The summed E-state index contributed by atoms with van der Waals surface area (Å²) in [5, 5.41) is 0.844. The molecule has 0 aliphatic carbocycles. The molecule has 2 atom stereocenters. The molecule has 1 heterocycles. The van der Waals surface area contributed by atoms with Crippen LogP contribution >= 0.6 is 23.2 Å². The summed E-state index contributed by atoms with van der Waals surface area (Å²) in [6.07, 6.45) is 0.353. The van der Waals surface area contributed by atoms with Crippen molar-refractivity contribution in [3.05, 3.63) is 34.3 Å². The summed E-state index contributed by atoms with van der Waals surface area (Å²) in [5.41, 5.74) is 2.36. The third-order valence-electron chi connectivity index (χ3n) is 3.18. The maximum absolute atomic E-state index is 6.27. The van der Waals surface area contributed by atoms with Crippen molar-refractivity contribution in [3.63, 3.8) is 0 Å².